The van der Waals surface area contributed by atoms with E-state index in [-0.39, 0.29) is 19.1 Å². The molecule has 0 aromatic carbocycles. The number of nitrogens with zero attached hydrogens (tertiary/aromatic N) is 1. The van der Waals surface area contributed by atoms with Gasteiger partial charge in [0.25, 0.3) is 0 Å². The molecule has 0 radical (unpaired) electrons. The van der Waals surface area contributed by atoms with Crippen LogP contribution in [0.1, 0.15) is 13.3 Å². The number of hydrogen-bond acceptors (Lipinski definition) is 4. The maximum atomic E-state index is 11.5. The van der Waals surface area contributed by atoms with Crippen molar-refractivity contribution in [1.82, 2.24) is 4.90 Å². The molecular weight excluding hydrogens is 214 g/mol. The van der Waals surface area contributed by atoms with E-state index in [0.717, 1.165) is 6.42 Å². The SMILES string of the molecule is CCCN(CC(=O)O)C(=O)COCCOC. The van der Waals surface area contributed by atoms with Gasteiger partial charge in [-0.25, -0.2) is 0 Å². The molecule has 0 heterocycles. The molecule has 0 aliphatic heterocycles. The highest BCUT2D eigenvalue weighted by molar-refractivity contribution is 5.82. The van der Waals surface area contributed by atoms with E-state index in [1.807, 2.05) is 6.92 Å². The minimum atomic E-state index is -1.02. The van der Waals surface area contributed by atoms with Crippen molar-refractivity contribution in [3.8, 4) is 0 Å². The second-order valence-corrected chi connectivity index (χ2v) is 3.25. The van der Waals surface area contributed by atoms with E-state index in [9.17, 15) is 9.59 Å². The van der Waals surface area contributed by atoms with Crippen molar-refractivity contribution in [1.29, 1.82) is 0 Å². The number of carbonyl (C=O) groups excluding carboxylic acids is 1. The Morgan fingerprint density at radius 2 is 2.00 bits per heavy atom. The first-order chi connectivity index (χ1) is 7.61. The van der Waals surface area contributed by atoms with Gasteiger partial charge in [0.05, 0.1) is 13.2 Å². The van der Waals surface area contributed by atoms with Gasteiger partial charge in [0, 0.05) is 13.7 Å². The van der Waals surface area contributed by atoms with Gasteiger partial charge in [0.15, 0.2) is 0 Å². The summed E-state index contributed by atoms with van der Waals surface area (Å²) in [6.07, 6.45) is 0.719. The van der Waals surface area contributed by atoms with Gasteiger partial charge in [0.1, 0.15) is 13.2 Å². The van der Waals surface area contributed by atoms with E-state index in [2.05, 4.69) is 0 Å². The van der Waals surface area contributed by atoms with Crippen LogP contribution in [0.3, 0.4) is 0 Å². The maximum absolute atomic E-state index is 11.5. The zero-order valence-corrected chi connectivity index (χ0v) is 9.77. The van der Waals surface area contributed by atoms with Crippen LogP contribution in [0.5, 0.6) is 0 Å². The summed E-state index contributed by atoms with van der Waals surface area (Å²) in [5.41, 5.74) is 0. The molecule has 1 N–H and O–H groups in total. The highest BCUT2D eigenvalue weighted by atomic mass is 16.5. The van der Waals surface area contributed by atoms with E-state index in [0.29, 0.717) is 19.8 Å². The number of amides is 1. The molecule has 0 unspecified atom stereocenters. The summed E-state index contributed by atoms with van der Waals surface area (Å²) >= 11 is 0. The average molecular weight is 233 g/mol. The predicted molar refractivity (Wildman–Crippen MR) is 57.2 cm³/mol. The summed E-state index contributed by atoms with van der Waals surface area (Å²) in [5.74, 6) is -1.32. The number of carbonyl (C=O) groups is 2. The Kier molecular flexibility index (Phi) is 8.46. The van der Waals surface area contributed by atoms with E-state index in [1.165, 1.54) is 4.90 Å². The molecule has 0 fully saturated rings. The maximum Gasteiger partial charge on any atom is 0.323 e. The Morgan fingerprint density at radius 3 is 2.50 bits per heavy atom. The highest BCUT2D eigenvalue weighted by Crippen LogP contribution is 1.94. The molecule has 6 heteroatoms. The average Bonchev–Trinajstić information content (AvgIpc) is 2.23. The summed E-state index contributed by atoms with van der Waals surface area (Å²) in [6.45, 7) is 2.68. The first-order valence-electron chi connectivity index (χ1n) is 5.18. The van der Waals surface area contributed by atoms with Gasteiger partial charge in [-0.2, -0.15) is 0 Å². The van der Waals surface area contributed by atoms with Gasteiger partial charge in [-0.05, 0) is 6.42 Å². The van der Waals surface area contributed by atoms with Gasteiger partial charge < -0.3 is 19.5 Å². The van der Waals surface area contributed by atoms with Gasteiger partial charge in [-0.1, -0.05) is 6.92 Å². The summed E-state index contributed by atoms with van der Waals surface area (Å²) in [6, 6.07) is 0. The Hall–Kier alpha value is -1.14. The van der Waals surface area contributed by atoms with Crippen molar-refractivity contribution >= 4 is 11.9 Å². The monoisotopic (exact) mass is 233 g/mol. The standard InChI is InChI=1S/C10H19NO5/c1-3-4-11(7-10(13)14)9(12)8-16-6-5-15-2/h3-8H2,1-2H3,(H,13,14). The highest BCUT2D eigenvalue weighted by Gasteiger charge is 2.15. The molecule has 0 aliphatic rings. The van der Waals surface area contributed by atoms with Crippen molar-refractivity contribution < 1.29 is 24.2 Å². The Labute approximate surface area is 95.1 Å². The molecule has 0 aromatic rings. The van der Waals surface area contributed by atoms with E-state index in [4.69, 9.17) is 14.6 Å². The predicted octanol–water partition coefficient (Wildman–Crippen LogP) is -0.0274. The largest absolute Gasteiger partial charge is 0.480 e. The first kappa shape index (κ1) is 14.9. The topological polar surface area (TPSA) is 76.1 Å². The fourth-order valence-electron chi connectivity index (χ4n) is 1.12. The van der Waals surface area contributed by atoms with Crippen LogP contribution in [0.25, 0.3) is 0 Å². The molecule has 1 amide bonds. The quantitative estimate of drug-likeness (QED) is 0.566. The van der Waals surface area contributed by atoms with Crippen LogP contribution < -0.4 is 0 Å². The molecule has 0 bridgehead atoms. The number of rotatable bonds is 9. The first-order valence-corrected chi connectivity index (χ1v) is 5.18. The molecule has 0 rings (SSSR count). The van der Waals surface area contributed by atoms with Gasteiger partial charge >= 0.3 is 5.97 Å². The number of carboxylic acid groups (broad SMARTS) is 1. The Morgan fingerprint density at radius 1 is 1.31 bits per heavy atom. The second kappa shape index (κ2) is 9.11. The summed E-state index contributed by atoms with van der Waals surface area (Å²) < 4.78 is 9.79. The van der Waals surface area contributed by atoms with Gasteiger partial charge in [-0.15, -0.1) is 0 Å². The zero-order chi connectivity index (χ0) is 12.4. The molecular formula is C10H19NO5. The summed E-state index contributed by atoms with van der Waals surface area (Å²) in [4.78, 5) is 23.3. The van der Waals surface area contributed by atoms with Crippen LogP contribution in [0.2, 0.25) is 0 Å². The lowest BCUT2D eigenvalue weighted by atomic mass is 10.4. The van der Waals surface area contributed by atoms with E-state index >= 15 is 0 Å². The molecule has 0 saturated carbocycles. The fraction of sp³-hybridized carbons (Fsp3) is 0.800. The molecule has 94 valence electrons. The third-order valence-corrected chi connectivity index (χ3v) is 1.83. The van der Waals surface area contributed by atoms with Crippen LogP contribution in [0, 0.1) is 0 Å². The number of methoxy groups -OCH3 is 1. The molecule has 0 spiro atoms. The molecule has 6 nitrogen and oxygen atoms in total. The molecule has 16 heavy (non-hydrogen) atoms. The van der Waals surface area contributed by atoms with Gasteiger partial charge in [0.2, 0.25) is 5.91 Å². The molecule has 0 aromatic heterocycles. The van der Waals surface area contributed by atoms with Crippen LogP contribution in [-0.2, 0) is 19.1 Å². The van der Waals surface area contributed by atoms with Gasteiger partial charge in [-0.3, -0.25) is 9.59 Å². The van der Waals surface area contributed by atoms with E-state index in [1.54, 1.807) is 7.11 Å². The molecule has 0 aliphatic carbocycles. The van der Waals surface area contributed by atoms with Crippen molar-refractivity contribution in [2.75, 3.05) is 40.0 Å². The second-order valence-electron chi connectivity index (χ2n) is 3.25. The van der Waals surface area contributed by atoms with Crippen molar-refractivity contribution in [3.63, 3.8) is 0 Å². The smallest absolute Gasteiger partial charge is 0.323 e. The Bertz CT molecular complexity index is 219. The number of hydrogen-bond donors (Lipinski definition) is 1. The van der Waals surface area contributed by atoms with Crippen LogP contribution >= 0.6 is 0 Å². The zero-order valence-electron chi connectivity index (χ0n) is 9.77. The lowest BCUT2D eigenvalue weighted by molar-refractivity contribution is -0.146. The minimum Gasteiger partial charge on any atom is -0.480 e. The number of carboxylic acids is 1. The minimum absolute atomic E-state index is 0.101. The third-order valence-electron chi connectivity index (χ3n) is 1.83. The summed E-state index contributed by atoms with van der Waals surface area (Å²) in [7, 11) is 1.54. The van der Waals surface area contributed by atoms with Crippen LogP contribution in [-0.4, -0.2) is 61.9 Å². The lowest BCUT2D eigenvalue weighted by Crippen LogP contribution is -2.38. The van der Waals surface area contributed by atoms with E-state index < -0.39 is 5.97 Å². The normalized spacial score (nSPS) is 10.1. The van der Waals surface area contributed by atoms with Crippen LogP contribution in [0.15, 0.2) is 0 Å². The summed E-state index contributed by atoms with van der Waals surface area (Å²) in [5, 5.41) is 8.61. The fourth-order valence-corrected chi connectivity index (χ4v) is 1.12. The number of aliphatic carboxylic acids is 1. The van der Waals surface area contributed by atoms with Crippen LogP contribution in [0.4, 0.5) is 0 Å². The van der Waals surface area contributed by atoms with Crippen molar-refractivity contribution in [2.45, 2.75) is 13.3 Å². The molecule has 0 atom stereocenters. The van der Waals surface area contributed by atoms with Crippen molar-refractivity contribution in [2.24, 2.45) is 0 Å². The third kappa shape index (κ3) is 7.19. The Balaban J connectivity index is 3.91. The lowest BCUT2D eigenvalue weighted by Gasteiger charge is -2.19. The number of ether oxygens (including phenoxy) is 2. The van der Waals surface area contributed by atoms with Crippen molar-refractivity contribution in [3.05, 3.63) is 0 Å². The molecule has 0 saturated heterocycles.